The third-order valence-electron chi connectivity index (χ3n) is 2.20. The summed E-state index contributed by atoms with van der Waals surface area (Å²) in [4.78, 5) is 12.6. The Balaban J connectivity index is 2.68. The molecule has 0 radical (unpaired) electrons. The second-order valence-electron chi connectivity index (χ2n) is 3.34. The van der Waals surface area contributed by atoms with E-state index in [1.807, 2.05) is 0 Å². The molecule has 0 aliphatic carbocycles. The van der Waals surface area contributed by atoms with Gasteiger partial charge >= 0.3 is 5.97 Å². The van der Waals surface area contributed by atoms with Gasteiger partial charge in [-0.25, -0.2) is 4.39 Å². The fourth-order valence-corrected chi connectivity index (χ4v) is 1.61. The fraction of sp³-hybridized carbons (Fsp3) is 0.364. The number of halogens is 2. The molecule has 0 spiro atoms. The Hall–Kier alpha value is -1.10. The van der Waals surface area contributed by atoms with Crippen LogP contribution in [-0.2, 0) is 9.53 Å². The van der Waals surface area contributed by atoms with Gasteiger partial charge in [-0.1, -0.05) is 15.9 Å². The predicted octanol–water partition coefficient (Wildman–Crippen LogP) is 2.59. The first kappa shape index (κ1) is 13.0. The number of anilines is 1. The Kier molecular flexibility index (Phi) is 4.73. The van der Waals surface area contributed by atoms with Crippen LogP contribution in [-0.4, -0.2) is 26.7 Å². The van der Waals surface area contributed by atoms with E-state index < -0.39 is 0 Å². The van der Waals surface area contributed by atoms with Crippen molar-refractivity contribution >= 4 is 27.6 Å². The highest BCUT2D eigenvalue weighted by Crippen LogP contribution is 2.23. The van der Waals surface area contributed by atoms with Crippen LogP contribution in [0.15, 0.2) is 22.7 Å². The number of hydrogen-bond donors (Lipinski definition) is 0. The molecule has 0 fully saturated rings. The first-order valence-corrected chi connectivity index (χ1v) is 5.57. The highest BCUT2D eigenvalue weighted by atomic mass is 79.9. The van der Waals surface area contributed by atoms with Gasteiger partial charge in [0.25, 0.3) is 0 Å². The van der Waals surface area contributed by atoms with E-state index in [4.69, 9.17) is 0 Å². The Bertz CT molecular complexity index is 384. The molecule has 0 aromatic heterocycles. The van der Waals surface area contributed by atoms with Crippen LogP contribution in [0, 0.1) is 5.82 Å². The van der Waals surface area contributed by atoms with Crippen molar-refractivity contribution in [3.63, 3.8) is 0 Å². The first-order chi connectivity index (χ1) is 7.54. The molecule has 0 amide bonds. The van der Waals surface area contributed by atoms with E-state index in [9.17, 15) is 9.18 Å². The average molecular weight is 290 g/mol. The van der Waals surface area contributed by atoms with E-state index >= 15 is 0 Å². The molecule has 1 aromatic rings. The van der Waals surface area contributed by atoms with E-state index in [1.165, 1.54) is 13.2 Å². The quantitative estimate of drug-likeness (QED) is 0.798. The summed E-state index contributed by atoms with van der Waals surface area (Å²) in [5, 5.41) is 0. The zero-order valence-electron chi connectivity index (χ0n) is 9.17. The summed E-state index contributed by atoms with van der Waals surface area (Å²) in [5.41, 5.74) is 0.457. The third-order valence-corrected chi connectivity index (χ3v) is 2.69. The lowest BCUT2D eigenvalue weighted by molar-refractivity contribution is -0.140. The van der Waals surface area contributed by atoms with Crippen LogP contribution < -0.4 is 4.90 Å². The summed E-state index contributed by atoms with van der Waals surface area (Å²) in [7, 11) is 3.07. The average Bonchev–Trinajstić information content (AvgIpc) is 2.28. The van der Waals surface area contributed by atoms with E-state index in [0.29, 0.717) is 12.2 Å². The minimum atomic E-state index is -0.310. The summed E-state index contributed by atoms with van der Waals surface area (Å²) < 4.78 is 18.8. The predicted molar refractivity (Wildman–Crippen MR) is 64.0 cm³/mol. The monoisotopic (exact) mass is 289 g/mol. The van der Waals surface area contributed by atoms with Crippen molar-refractivity contribution in [2.45, 2.75) is 6.42 Å². The number of rotatable bonds is 4. The molecule has 0 N–H and O–H groups in total. The molecular weight excluding hydrogens is 277 g/mol. The molecule has 0 aliphatic rings. The fourth-order valence-electron chi connectivity index (χ4n) is 1.26. The number of hydrogen-bond acceptors (Lipinski definition) is 3. The van der Waals surface area contributed by atoms with Gasteiger partial charge in [0.15, 0.2) is 0 Å². The molecule has 5 heteroatoms. The van der Waals surface area contributed by atoms with Crippen molar-refractivity contribution in [1.82, 2.24) is 0 Å². The smallest absolute Gasteiger partial charge is 0.307 e. The van der Waals surface area contributed by atoms with Crippen molar-refractivity contribution < 1.29 is 13.9 Å². The molecule has 1 aromatic carbocycles. The maximum Gasteiger partial charge on any atom is 0.307 e. The van der Waals surface area contributed by atoms with Gasteiger partial charge in [-0.15, -0.1) is 0 Å². The van der Waals surface area contributed by atoms with Gasteiger partial charge in [0, 0.05) is 18.1 Å². The molecule has 0 saturated heterocycles. The highest BCUT2D eigenvalue weighted by Gasteiger charge is 2.09. The van der Waals surface area contributed by atoms with Crippen molar-refractivity contribution in [2.24, 2.45) is 0 Å². The number of esters is 1. The number of carbonyl (C=O) groups excluding carboxylic acids is 1. The van der Waals surface area contributed by atoms with E-state index in [1.54, 1.807) is 24.1 Å². The second-order valence-corrected chi connectivity index (χ2v) is 4.26. The maximum absolute atomic E-state index is 13.4. The Morgan fingerprint density at radius 1 is 1.56 bits per heavy atom. The third kappa shape index (κ3) is 3.48. The number of methoxy groups -OCH3 is 1. The molecule has 0 heterocycles. The lowest BCUT2D eigenvalue weighted by Gasteiger charge is -2.19. The lowest BCUT2D eigenvalue weighted by atomic mass is 10.2. The number of ether oxygens (including phenoxy) is 1. The molecule has 0 aliphatic heterocycles. The normalized spacial score (nSPS) is 10.0. The molecule has 0 unspecified atom stereocenters. The van der Waals surface area contributed by atoms with Gasteiger partial charge in [0.1, 0.15) is 5.82 Å². The largest absolute Gasteiger partial charge is 0.469 e. The van der Waals surface area contributed by atoms with Crippen LogP contribution in [0.1, 0.15) is 6.42 Å². The van der Waals surface area contributed by atoms with Gasteiger partial charge in [0.05, 0.1) is 19.2 Å². The molecule has 88 valence electrons. The minimum absolute atomic E-state index is 0.235. The van der Waals surface area contributed by atoms with Crippen molar-refractivity contribution in [3.05, 3.63) is 28.5 Å². The molecule has 16 heavy (non-hydrogen) atoms. The Morgan fingerprint density at radius 3 is 2.88 bits per heavy atom. The van der Waals surface area contributed by atoms with Crippen LogP contribution in [0.4, 0.5) is 10.1 Å². The van der Waals surface area contributed by atoms with Crippen LogP contribution in [0.25, 0.3) is 0 Å². The first-order valence-electron chi connectivity index (χ1n) is 4.77. The molecule has 0 atom stereocenters. The second kappa shape index (κ2) is 5.84. The molecule has 0 saturated carbocycles. The molecular formula is C11H13BrFNO2. The highest BCUT2D eigenvalue weighted by molar-refractivity contribution is 9.10. The number of nitrogens with zero attached hydrogens (tertiary/aromatic N) is 1. The SMILES string of the molecule is COC(=O)CCN(C)c1cc(Br)ccc1F. The standard InChI is InChI=1S/C11H13BrFNO2/c1-14(6-5-11(15)16-2)10-7-8(12)3-4-9(10)13/h3-4,7H,5-6H2,1-2H3. The summed E-state index contributed by atoms with van der Waals surface area (Å²) in [6.45, 7) is 0.417. The van der Waals surface area contributed by atoms with Crippen LogP contribution in [0.5, 0.6) is 0 Å². The van der Waals surface area contributed by atoms with Gasteiger partial charge in [-0.2, -0.15) is 0 Å². The molecule has 3 nitrogen and oxygen atoms in total. The zero-order chi connectivity index (χ0) is 12.1. The zero-order valence-corrected chi connectivity index (χ0v) is 10.8. The summed E-state index contributed by atoms with van der Waals surface area (Å²) in [6, 6.07) is 4.69. The van der Waals surface area contributed by atoms with Gasteiger partial charge in [-0.3, -0.25) is 4.79 Å². The van der Waals surface area contributed by atoms with E-state index in [2.05, 4.69) is 20.7 Å². The van der Waals surface area contributed by atoms with Crippen molar-refractivity contribution in [2.75, 3.05) is 25.6 Å². The lowest BCUT2D eigenvalue weighted by Crippen LogP contribution is -2.22. The summed E-state index contributed by atoms with van der Waals surface area (Å²) >= 11 is 3.27. The summed E-state index contributed by atoms with van der Waals surface area (Å²) in [5.74, 6) is -0.613. The summed E-state index contributed by atoms with van der Waals surface area (Å²) in [6.07, 6.45) is 0.235. The van der Waals surface area contributed by atoms with Gasteiger partial charge < -0.3 is 9.64 Å². The van der Waals surface area contributed by atoms with Gasteiger partial charge in [0.2, 0.25) is 0 Å². The number of benzene rings is 1. The maximum atomic E-state index is 13.4. The topological polar surface area (TPSA) is 29.5 Å². The van der Waals surface area contributed by atoms with Crippen molar-refractivity contribution in [3.8, 4) is 0 Å². The van der Waals surface area contributed by atoms with Crippen LogP contribution in [0.3, 0.4) is 0 Å². The van der Waals surface area contributed by atoms with E-state index in [-0.39, 0.29) is 18.2 Å². The Labute approximate surface area is 102 Å². The van der Waals surface area contributed by atoms with Gasteiger partial charge in [-0.05, 0) is 18.2 Å². The number of carbonyl (C=O) groups is 1. The molecule has 1 rings (SSSR count). The van der Waals surface area contributed by atoms with Crippen molar-refractivity contribution in [1.29, 1.82) is 0 Å². The minimum Gasteiger partial charge on any atom is -0.469 e. The van der Waals surface area contributed by atoms with Crippen LogP contribution >= 0.6 is 15.9 Å². The Morgan fingerprint density at radius 2 is 2.25 bits per heavy atom. The molecule has 0 bridgehead atoms. The van der Waals surface area contributed by atoms with E-state index in [0.717, 1.165) is 4.47 Å². The van der Waals surface area contributed by atoms with Crippen LogP contribution in [0.2, 0.25) is 0 Å².